The van der Waals surface area contributed by atoms with Crippen LogP contribution < -0.4 is 5.73 Å². The van der Waals surface area contributed by atoms with Crippen molar-refractivity contribution in [3.63, 3.8) is 0 Å². The highest BCUT2D eigenvalue weighted by Crippen LogP contribution is 2.35. The second-order valence-corrected chi connectivity index (χ2v) is 5.27. The highest BCUT2D eigenvalue weighted by atomic mass is 16.5. The standard InChI is InChI=1S/C15H19NO3/c1-9-3-5-11(6-4-9)13-8-12(19-15(13)18)7-10(2)14(16)17/h7-8,10-11H,1,3-6H2,2H3,(H2,16,17)/b12-7+. The Morgan fingerprint density at radius 1 is 1.53 bits per heavy atom. The summed E-state index contributed by atoms with van der Waals surface area (Å²) in [5.41, 5.74) is 7.16. The third-order valence-corrected chi connectivity index (χ3v) is 3.74. The van der Waals surface area contributed by atoms with Gasteiger partial charge in [0.1, 0.15) is 5.76 Å². The number of primary amides is 1. The summed E-state index contributed by atoms with van der Waals surface area (Å²) in [7, 11) is 0. The molecule has 4 nitrogen and oxygen atoms in total. The Balaban J connectivity index is 2.11. The van der Waals surface area contributed by atoms with Crippen LogP contribution in [0.5, 0.6) is 0 Å². The van der Waals surface area contributed by atoms with Crippen molar-refractivity contribution in [3.05, 3.63) is 35.6 Å². The molecule has 0 spiro atoms. The van der Waals surface area contributed by atoms with Gasteiger partial charge in [0.2, 0.25) is 5.91 Å². The summed E-state index contributed by atoms with van der Waals surface area (Å²) in [6.07, 6.45) is 7.16. The lowest BCUT2D eigenvalue weighted by Gasteiger charge is -2.22. The molecular weight excluding hydrogens is 242 g/mol. The molecule has 1 atom stereocenters. The van der Waals surface area contributed by atoms with E-state index in [1.54, 1.807) is 19.1 Å². The summed E-state index contributed by atoms with van der Waals surface area (Å²) in [5, 5.41) is 0. The van der Waals surface area contributed by atoms with Gasteiger partial charge >= 0.3 is 5.97 Å². The zero-order valence-electron chi connectivity index (χ0n) is 11.1. The van der Waals surface area contributed by atoms with Gasteiger partial charge in [-0.25, -0.2) is 4.79 Å². The monoisotopic (exact) mass is 261 g/mol. The van der Waals surface area contributed by atoms with E-state index in [4.69, 9.17) is 10.5 Å². The van der Waals surface area contributed by atoms with Crippen molar-refractivity contribution in [1.82, 2.24) is 0 Å². The maximum atomic E-state index is 11.8. The summed E-state index contributed by atoms with van der Waals surface area (Å²) in [6, 6.07) is 0. The molecule has 0 aromatic carbocycles. The van der Waals surface area contributed by atoms with Crippen LogP contribution in [-0.2, 0) is 14.3 Å². The molecule has 1 amide bonds. The third-order valence-electron chi connectivity index (χ3n) is 3.74. The Bertz CT molecular complexity index is 478. The van der Waals surface area contributed by atoms with E-state index in [9.17, 15) is 9.59 Å². The number of carbonyl (C=O) groups is 2. The largest absolute Gasteiger partial charge is 0.423 e. The Labute approximate surface area is 113 Å². The molecule has 0 saturated heterocycles. The first-order chi connectivity index (χ1) is 8.97. The van der Waals surface area contributed by atoms with Gasteiger partial charge in [-0.05, 0) is 50.7 Å². The van der Waals surface area contributed by atoms with Gasteiger partial charge in [-0.1, -0.05) is 12.2 Å². The van der Waals surface area contributed by atoms with Crippen LogP contribution in [0.3, 0.4) is 0 Å². The van der Waals surface area contributed by atoms with Gasteiger partial charge in [-0.2, -0.15) is 0 Å². The van der Waals surface area contributed by atoms with Gasteiger partial charge in [-0.15, -0.1) is 0 Å². The molecule has 19 heavy (non-hydrogen) atoms. The minimum atomic E-state index is -0.440. The third kappa shape index (κ3) is 3.13. The molecule has 1 fully saturated rings. The van der Waals surface area contributed by atoms with E-state index in [1.165, 1.54) is 5.57 Å². The second-order valence-electron chi connectivity index (χ2n) is 5.27. The van der Waals surface area contributed by atoms with Crippen molar-refractivity contribution in [3.8, 4) is 0 Å². The predicted octanol–water partition coefficient (Wildman–Crippen LogP) is 2.22. The van der Waals surface area contributed by atoms with E-state index in [1.807, 2.05) is 0 Å². The average Bonchev–Trinajstić information content (AvgIpc) is 2.71. The fourth-order valence-corrected chi connectivity index (χ4v) is 2.44. The molecule has 0 aromatic rings. The molecule has 2 rings (SSSR count). The number of ether oxygens (including phenoxy) is 1. The number of hydrogen-bond acceptors (Lipinski definition) is 3. The lowest BCUT2D eigenvalue weighted by molar-refractivity contribution is -0.134. The summed E-state index contributed by atoms with van der Waals surface area (Å²) >= 11 is 0. The average molecular weight is 261 g/mol. The Hall–Kier alpha value is -1.84. The van der Waals surface area contributed by atoms with Crippen molar-refractivity contribution in [2.75, 3.05) is 0 Å². The number of hydrogen-bond donors (Lipinski definition) is 1. The van der Waals surface area contributed by atoms with E-state index >= 15 is 0 Å². The van der Waals surface area contributed by atoms with Crippen LogP contribution in [0.25, 0.3) is 0 Å². The van der Waals surface area contributed by atoms with Gasteiger partial charge in [0.15, 0.2) is 0 Å². The second kappa shape index (κ2) is 5.43. The molecule has 1 unspecified atom stereocenters. The summed E-state index contributed by atoms with van der Waals surface area (Å²) in [6.45, 7) is 5.65. The van der Waals surface area contributed by atoms with Crippen LogP contribution in [0.1, 0.15) is 32.6 Å². The van der Waals surface area contributed by atoms with Crippen LogP contribution in [0.15, 0.2) is 35.6 Å². The SMILES string of the molecule is C=C1CCC(C2=C/C(=C\C(C)C(N)=O)OC2=O)CC1. The summed E-state index contributed by atoms with van der Waals surface area (Å²) in [4.78, 5) is 22.8. The molecule has 0 bridgehead atoms. The lowest BCUT2D eigenvalue weighted by Crippen LogP contribution is -2.19. The lowest BCUT2D eigenvalue weighted by atomic mass is 9.82. The number of rotatable bonds is 3. The topological polar surface area (TPSA) is 69.4 Å². The van der Waals surface area contributed by atoms with Crippen molar-refractivity contribution in [2.45, 2.75) is 32.6 Å². The van der Waals surface area contributed by atoms with Crippen LogP contribution in [-0.4, -0.2) is 11.9 Å². The quantitative estimate of drug-likeness (QED) is 0.625. The van der Waals surface area contributed by atoms with E-state index in [2.05, 4.69) is 6.58 Å². The van der Waals surface area contributed by atoms with Crippen molar-refractivity contribution in [2.24, 2.45) is 17.6 Å². The van der Waals surface area contributed by atoms with Gasteiger partial charge in [-0.3, -0.25) is 4.79 Å². The highest BCUT2D eigenvalue weighted by molar-refractivity contribution is 5.93. The molecule has 2 N–H and O–H groups in total. The number of esters is 1. The molecule has 0 radical (unpaired) electrons. The first-order valence-corrected chi connectivity index (χ1v) is 6.59. The number of nitrogens with two attached hydrogens (primary N) is 1. The van der Waals surface area contributed by atoms with Crippen molar-refractivity contribution < 1.29 is 14.3 Å². The first kappa shape index (κ1) is 13.6. The maximum absolute atomic E-state index is 11.8. The zero-order valence-corrected chi connectivity index (χ0v) is 11.1. The Kier molecular flexibility index (Phi) is 3.88. The molecule has 1 aliphatic carbocycles. The molecule has 2 aliphatic rings. The molecule has 1 saturated carbocycles. The minimum absolute atomic E-state index is 0.243. The number of amides is 1. The van der Waals surface area contributed by atoms with E-state index in [-0.39, 0.29) is 11.9 Å². The van der Waals surface area contributed by atoms with Crippen LogP contribution >= 0.6 is 0 Å². The fraction of sp³-hybridized carbons (Fsp3) is 0.467. The van der Waals surface area contributed by atoms with Crippen LogP contribution in [0, 0.1) is 11.8 Å². The number of cyclic esters (lactones) is 1. The van der Waals surface area contributed by atoms with Gasteiger partial charge in [0.25, 0.3) is 0 Å². The van der Waals surface area contributed by atoms with E-state index < -0.39 is 11.8 Å². The first-order valence-electron chi connectivity index (χ1n) is 6.59. The molecule has 1 heterocycles. The number of allylic oxidation sites excluding steroid dienone is 2. The normalized spacial score (nSPS) is 24.3. The summed E-state index contributed by atoms with van der Waals surface area (Å²) in [5.74, 6) is -0.479. The smallest absolute Gasteiger partial charge is 0.339 e. The van der Waals surface area contributed by atoms with Crippen LogP contribution in [0.2, 0.25) is 0 Å². The maximum Gasteiger partial charge on any atom is 0.339 e. The van der Waals surface area contributed by atoms with Crippen molar-refractivity contribution >= 4 is 11.9 Å². The predicted molar refractivity (Wildman–Crippen MR) is 71.7 cm³/mol. The molecule has 4 heteroatoms. The molecule has 102 valence electrons. The van der Waals surface area contributed by atoms with E-state index in [0.717, 1.165) is 31.3 Å². The minimum Gasteiger partial charge on any atom is -0.423 e. The molecular formula is C15H19NO3. The highest BCUT2D eigenvalue weighted by Gasteiger charge is 2.30. The Morgan fingerprint density at radius 3 is 2.74 bits per heavy atom. The zero-order chi connectivity index (χ0) is 14.0. The van der Waals surface area contributed by atoms with E-state index in [0.29, 0.717) is 5.76 Å². The fourth-order valence-electron chi connectivity index (χ4n) is 2.44. The van der Waals surface area contributed by atoms with Gasteiger partial charge < -0.3 is 10.5 Å². The van der Waals surface area contributed by atoms with Crippen molar-refractivity contribution in [1.29, 1.82) is 0 Å². The van der Waals surface area contributed by atoms with Gasteiger partial charge in [0.05, 0.1) is 5.92 Å². The van der Waals surface area contributed by atoms with Gasteiger partial charge in [0, 0.05) is 5.57 Å². The summed E-state index contributed by atoms with van der Waals surface area (Å²) < 4.78 is 5.17. The molecule has 1 aliphatic heterocycles. The Morgan fingerprint density at radius 2 is 2.16 bits per heavy atom. The number of carbonyl (C=O) groups excluding carboxylic acids is 2. The van der Waals surface area contributed by atoms with Crippen LogP contribution in [0.4, 0.5) is 0 Å². The molecule has 0 aromatic heterocycles.